The maximum atomic E-state index is 12.1. The minimum absolute atomic E-state index is 0.162. The third-order valence-corrected chi connectivity index (χ3v) is 6.54. The zero-order valence-corrected chi connectivity index (χ0v) is 16.1. The molecule has 0 spiro atoms. The predicted octanol–water partition coefficient (Wildman–Crippen LogP) is -0.694. The van der Waals surface area contributed by atoms with Crippen LogP contribution in [-0.4, -0.2) is 70.1 Å². The normalized spacial score (nSPS) is 21.8. The molecular formula is C13H14N2O6S4-2. The van der Waals surface area contributed by atoms with Crippen molar-refractivity contribution in [2.24, 2.45) is 0 Å². The van der Waals surface area contributed by atoms with E-state index in [9.17, 15) is 27.7 Å². The van der Waals surface area contributed by atoms with Gasteiger partial charge in [0.1, 0.15) is 4.32 Å². The molecule has 2 rings (SSSR count). The van der Waals surface area contributed by atoms with Gasteiger partial charge in [0.25, 0.3) is 5.91 Å². The zero-order chi connectivity index (χ0) is 18.6. The van der Waals surface area contributed by atoms with Crippen LogP contribution in [0.2, 0.25) is 0 Å². The summed E-state index contributed by atoms with van der Waals surface area (Å²) in [5, 5.41) is 11.5. The molecule has 0 aliphatic carbocycles. The molecule has 2 heterocycles. The largest absolute Gasteiger partial charge is 0.748 e. The Morgan fingerprint density at radius 2 is 2.08 bits per heavy atom. The number of allylic oxidation sites excluding steroid dienone is 2. The number of carboxylic acid groups (broad SMARTS) is 1. The number of rotatable bonds is 7. The van der Waals surface area contributed by atoms with E-state index in [0.717, 1.165) is 34.0 Å². The lowest BCUT2D eigenvalue weighted by atomic mass is 10.4. The first-order valence-corrected chi connectivity index (χ1v) is 10.9. The van der Waals surface area contributed by atoms with Gasteiger partial charge in [0.05, 0.1) is 32.6 Å². The minimum Gasteiger partial charge on any atom is -0.748 e. The molecule has 0 unspecified atom stereocenters. The van der Waals surface area contributed by atoms with Gasteiger partial charge in [-0.1, -0.05) is 24.0 Å². The number of amides is 1. The van der Waals surface area contributed by atoms with Gasteiger partial charge in [0.2, 0.25) is 0 Å². The van der Waals surface area contributed by atoms with Crippen LogP contribution in [0.5, 0.6) is 0 Å². The maximum absolute atomic E-state index is 12.1. The first kappa shape index (κ1) is 20.2. The van der Waals surface area contributed by atoms with Crippen molar-refractivity contribution < 1.29 is 27.7 Å². The summed E-state index contributed by atoms with van der Waals surface area (Å²) in [6.45, 7) is 0.567. The van der Waals surface area contributed by atoms with E-state index >= 15 is 0 Å². The standard InChI is InChI=1S/C13H16N2O6S4/c16-11(17)8-15-12(18)9(24-13(15)22)2-3-10-14(5-6-23-10)4-1-7-25(19,20)21/h2-3H,1,4-8H2,(H,16,17)(H,19,20,21)/p-2. The molecule has 0 aromatic heterocycles. The van der Waals surface area contributed by atoms with Crippen LogP contribution in [0.15, 0.2) is 22.1 Å². The molecule has 2 aliphatic rings. The fourth-order valence-corrected chi connectivity index (χ4v) is 4.93. The first-order valence-electron chi connectivity index (χ1n) is 7.14. The van der Waals surface area contributed by atoms with E-state index < -0.39 is 34.3 Å². The van der Waals surface area contributed by atoms with Gasteiger partial charge in [0, 0.05) is 24.6 Å². The third-order valence-electron chi connectivity index (χ3n) is 3.28. The summed E-state index contributed by atoms with van der Waals surface area (Å²) >= 11 is 7.55. The predicted molar refractivity (Wildman–Crippen MR) is 96.3 cm³/mol. The second-order valence-electron chi connectivity index (χ2n) is 5.12. The van der Waals surface area contributed by atoms with Crippen LogP contribution in [0.25, 0.3) is 0 Å². The molecule has 0 N–H and O–H groups in total. The van der Waals surface area contributed by atoms with Crippen molar-refractivity contribution in [1.82, 2.24) is 9.80 Å². The fraction of sp³-hybridized carbons (Fsp3) is 0.462. The highest BCUT2D eigenvalue weighted by molar-refractivity contribution is 8.26. The molecular weight excluding hydrogens is 408 g/mol. The summed E-state index contributed by atoms with van der Waals surface area (Å²) in [5.74, 6) is -1.47. The topological polar surface area (TPSA) is 121 Å². The van der Waals surface area contributed by atoms with Gasteiger partial charge in [-0.2, -0.15) is 0 Å². The second-order valence-corrected chi connectivity index (χ2v) is 9.43. The number of carbonyl (C=O) groups excluding carboxylic acids is 2. The summed E-state index contributed by atoms with van der Waals surface area (Å²) in [4.78, 5) is 26.0. The monoisotopic (exact) mass is 422 g/mol. The molecule has 8 nitrogen and oxygen atoms in total. The summed E-state index contributed by atoms with van der Waals surface area (Å²) in [6, 6.07) is 0. The van der Waals surface area contributed by atoms with Crippen molar-refractivity contribution in [3.8, 4) is 0 Å². The quantitative estimate of drug-likeness (QED) is 0.296. The van der Waals surface area contributed by atoms with Crippen LogP contribution in [0.1, 0.15) is 6.42 Å². The van der Waals surface area contributed by atoms with Crippen molar-refractivity contribution in [2.75, 3.05) is 31.1 Å². The molecule has 0 aromatic rings. The van der Waals surface area contributed by atoms with Crippen LogP contribution in [-0.2, 0) is 19.7 Å². The van der Waals surface area contributed by atoms with Gasteiger partial charge < -0.3 is 19.4 Å². The van der Waals surface area contributed by atoms with E-state index in [4.69, 9.17) is 12.2 Å². The van der Waals surface area contributed by atoms with E-state index in [0.29, 0.717) is 11.4 Å². The molecule has 0 saturated carbocycles. The number of aliphatic carboxylic acids is 1. The number of hydrogen-bond acceptors (Lipinski definition) is 10. The molecule has 2 aliphatic heterocycles. The molecule has 0 bridgehead atoms. The van der Waals surface area contributed by atoms with Crippen molar-refractivity contribution in [2.45, 2.75) is 6.42 Å². The summed E-state index contributed by atoms with van der Waals surface area (Å²) in [5.41, 5.74) is 0. The van der Waals surface area contributed by atoms with Crippen molar-refractivity contribution in [3.63, 3.8) is 0 Å². The lowest BCUT2D eigenvalue weighted by Gasteiger charge is -2.19. The molecule has 2 fully saturated rings. The van der Waals surface area contributed by atoms with Crippen molar-refractivity contribution in [1.29, 1.82) is 0 Å². The molecule has 12 heteroatoms. The minimum atomic E-state index is -4.22. The summed E-state index contributed by atoms with van der Waals surface area (Å²) < 4.78 is 32.1. The Morgan fingerprint density at radius 1 is 1.36 bits per heavy atom. The number of hydrogen-bond donors (Lipinski definition) is 0. The van der Waals surface area contributed by atoms with Crippen molar-refractivity contribution >= 4 is 62.1 Å². The Morgan fingerprint density at radius 3 is 2.72 bits per heavy atom. The second kappa shape index (κ2) is 8.54. The number of thioether (sulfide) groups is 2. The lowest BCUT2D eigenvalue weighted by molar-refractivity contribution is -0.305. The molecule has 1 amide bonds. The highest BCUT2D eigenvalue weighted by Gasteiger charge is 2.31. The van der Waals surface area contributed by atoms with Gasteiger partial charge in [0.15, 0.2) is 0 Å². The highest BCUT2D eigenvalue weighted by Crippen LogP contribution is 2.32. The third kappa shape index (κ3) is 5.99. The van der Waals surface area contributed by atoms with E-state index in [1.165, 1.54) is 0 Å². The SMILES string of the molecule is O=C([O-])CN1C(=O)C(=CC=C2SCCN2CCCS(=O)(=O)[O-])SC1=S. The molecule has 0 aromatic carbocycles. The Hall–Kier alpha value is -1.08. The van der Waals surface area contributed by atoms with E-state index in [1.807, 2.05) is 4.90 Å². The molecule has 25 heavy (non-hydrogen) atoms. The average Bonchev–Trinajstić information content (AvgIpc) is 3.03. The molecule has 0 radical (unpaired) electrons. The van der Waals surface area contributed by atoms with Gasteiger partial charge in [-0.05, 0) is 18.6 Å². The fourth-order valence-electron chi connectivity index (χ4n) is 2.20. The average molecular weight is 423 g/mol. The van der Waals surface area contributed by atoms with Gasteiger partial charge >= 0.3 is 0 Å². The Labute approximate surface area is 159 Å². The van der Waals surface area contributed by atoms with Gasteiger partial charge in [-0.25, -0.2) is 8.42 Å². The Balaban J connectivity index is 2.01. The lowest BCUT2D eigenvalue weighted by Crippen LogP contribution is -2.40. The smallest absolute Gasteiger partial charge is 0.266 e. The number of carboxylic acids is 1. The van der Waals surface area contributed by atoms with Gasteiger partial charge in [-0.3, -0.25) is 9.69 Å². The van der Waals surface area contributed by atoms with Crippen molar-refractivity contribution in [3.05, 3.63) is 22.1 Å². The van der Waals surface area contributed by atoms with Crippen LogP contribution in [0, 0.1) is 0 Å². The molecule has 2 saturated heterocycles. The van der Waals surface area contributed by atoms with Crippen LogP contribution in [0.4, 0.5) is 0 Å². The number of thiocarbonyl (C=S) groups is 1. The van der Waals surface area contributed by atoms with Gasteiger partial charge in [-0.15, -0.1) is 11.8 Å². The van der Waals surface area contributed by atoms with E-state index in [2.05, 4.69) is 0 Å². The summed E-state index contributed by atoms with van der Waals surface area (Å²) in [7, 11) is -4.22. The van der Waals surface area contributed by atoms with Crippen LogP contribution < -0.4 is 5.11 Å². The zero-order valence-electron chi connectivity index (χ0n) is 12.9. The molecule has 0 atom stereocenters. The van der Waals surface area contributed by atoms with Crippen LogP contribution in [0.3, 0.4) is 0 Å². The first-order chi connectivity index (χ1) is 11.7. The van der Waals surface area contributed by atoms with E-state index in [1.54, 1.807) is 23.9 Å². The molecule has 138 valence electrons. The Bertz CT molecular complexity index is 746. The number of carbonyl (C=O) groups is 2. The summed E-state index contributed by atoms with van der Waals surface area (Å²) in [6.07, 6.45) is 3.52. The maximum Gasteiger partial charge on any atom is 0.266 e. The highest BCUT2D eigenvalue weighted by atomic mass is 32.2. The van der Waals surface area contributed by atoms with Crippen LogP contribution >= 0.6 is 35.7 Å². The number of nitrogens with zero attached hydrogens (tertiary/aromatic N) is 2. The Kier molecular flexibility index (Phi) is 6.91. The van der Waals surface area contributed by atoms with E-state index in [-0.39, 0.29) is 10.7 Å².